The molecule has 0 atom stereocenters. The monoisotopic (exact) mass is 594 g/mol. The Morgan fingerprint density at radius 1 is 1.00 bits per heavy atom. The van der Waals surface area contributed by atoms with Gasteiger partial charge in [0.2, 0.25) is 11.8 Å². The van der Waals surface area contributed by atoms with Crippen molar-refractivity contribution in [1.82, 2.24) is 15.1 Å². The molecule has 10 heteroatoms. The number of hydrogen-bond acceptors (Lipinski definition) is 6. The van der Waals surface area contributed by atoms with Crippen molar-refractivity contribution in [3.8, 4) is 16.9 Å². The summed E-state index contributed by atoms with van der Waals surface area (Å²) in [6.45, 7) is 3.86. The average Bonchev–Trinajstić information content (AvgIpc) is 3.47. The van der Waals surface area contributed by atoms with Crippen LogP contribution >= 0.6 is 0 Å². The van der Waals surface area contributed by atoms with Gasteiger partial charge in [-0.15, -0.1) is 0 Å². The quantitative estimate of drug-likeness (QED) is 0.268. The van der Waals surface area contributed by atoms with Gasteiger partial charge in [-0.25, -0.2) is 4.39 Å². The highest BCUT2D eigenvalue weighted by molar-refractivity contribution is 6.00. The molecule has 0 aliphatic heterocycles. The fraction of sp³-hybridized carbons (Fsp3) is 0.576. The van der Waals surface area contributed by atoms with Crippen LogP contribution < -0.4 is 9.64 Å². The number of fused-ring (bicyclic) bond motifs is 3. The summed E-state index contributed by atoms with van der Waals surface area (Å²) in [5, 5.41) is 4.41. The first-order valence-corrected chi connectivity index (χ1v) is 15.2. The summed E-state index contributed by atoms with van der Waals surface area (Å²) in [5.41, 5.74) is 0.0234. The highest BCUT2D eigenvalue weighted by atomic mass is 19.3. The number of benzene rings is 1. The van der Waals surface area contributed by atoms with Gasteiger partial charge in [-0.05, 0) is 87.0 Å². The fourth-order valence-corrected chi connectivity index (χ4v) is 7.93. The molecule has 1 aromatic carbocycles. The van der Waals surface area contributed by atoms with E-state index < -0.39 is 17.7 Å². The van der Waals surface area contributed by atoms with E-state index in [0.29, 0.717) is 18.1 Å². The van der Waals surface area contributed by atoms with Gasteiger partial charge in [0.05, 0.1) is 17.3 Å². The van der Waals surface area contributed by atoms with Crippen LogP contribution in [0.3, 0.4) is 0 Å². The molecular formula is C33H37F3N4O3. The molecule has 9 rings (SSSR count). The second kappa shape index (κ2) is 9.53. The van der Waals surface area contributed by atoms with Gasteiger partial charge in [0.15, 0.2) is 5.82 Å². The minimum atomic E-state index is -2.90. The lowest BCUT2D eigenvalue weighted by atomic mass is 9.41. The molecule has 0 N–H and O–H groups in total. The van der Waals surface area contributed by atoms with Crippen molar-refractivity contribution in [2.24, 2.45) is 10.8 Å². The molecule has 0 saturated heterocycles. The fourth-order valence-electron chi connectivity index (χ4n) is 7.93. The maximum Gasteiger partial charge on any atom is 0.387 e. The van der Waals surface area contributed by atoms with Gasteiger partial charge in [0.1, 0.15) is 11.4 Å². The van der Waals surface area contributed by atoms with Crippen molar-refractivity contribution in [1.29, 1.82) is 0 Å². The van der Waals surface area contributed by atoms with Crippen molar-refractivity contribution in [2.75, 3.05) is 11.4 Å². The number of amides is 1. The highest BCUT2D eigenvalue weighted by Crippen LogP contribution is 2.70. The third-order valence-corrected chi connectivity index (χ3v) is 10.5. The topological polar surface area (TPSA) is 81.4 Å². The third kappa shape index (κ3) is 4.81. The van der Waals surface area contributed by atoms with E-state index in [9.17, 15) is 18.0 Å². The Morgan fingerprint density at radius 2 is 1.65 bits per heavy atom. The minimum absolute atomic E-state index is 0.0172. The van der Waals surface area contributed by atoms with Crippen LogP contribution in [0.4, 0.5) is 18.9 Å². The molecule has 2 aromatic heterocycles. The summed E-state index contributed by atoms with van der Waals surface area (Å²) in [7, 11) is 0. The first-order valence-electron chi connectivity index (χ1n) is 15.2. The van der Waals surface area contributed by atoms with Gasteiger partial charge in [-0.1, -0.05) is 38.1 Å². The zero-order valence-electron chi connectivity index (χ0n) is 24.8. The number of hydrogen-bond donors (Lipinski definition) is 0. The Balaban J connectivity index is 1.14. The Kier molecular flexibility index (Phi) is 6.28. The molecule has 6 fully saturated rings. The van der Waals surface area contributed by atoms with Crippen LogP contribution in [0, 0.1) is 10.8 Å². The van der Waals surface area contributed by atoms with E-state index in [1.54, 1.807) is 24.5 Å². The van der Waals surface area contributed by atoms with Crippen molar-refractivity contribution in [3.05, 3.63) is 54.4 Å². The van der Waals surface area contributed by atoms with Crippen LogP contribution in [0.5, 0.6) is 5.75 Å². The molecule has 43 heavy (non-hydrogen) atoms. The van der Waals surface area contributed by atoms with Crippen LogP contribution in [-0.4, -0.2) is 39.9 Å². The molecule has 6 aliphatic carbocycles. The summed E-state index contributed by atoms with van der Waals surface area (Å²) < 4.78 is 49.9. The van der Waals surface area contributed by atoms with Gasteiger partial charge >= 0.3 is 6.61 Å². The predicted octanol–water partition coefficient (Wildman–Crippen LogP) is 7.55. The molecule has 0 spiro atoms. The summed E-state index contributed by atoms with van der Waals surface area (Å²) in [5.74, 6) is 1.52. The van der Waals surface area contributed by atoms with E-state index in [-0.39, 0.29) is 47.2 Å². The molecule has 228 valence electrons. The lowest BCUT2D eigenvalue weighted by Gasteiger charge is -2.65. The van der Waals surface area contributed by atoms with Crippen LogP contribution in [0.25, 0.3) is 11.1 Å². The molecule has 2 heterocycles. The van der Waals surface area contributed by atoms with Crippen LogP contribution in [0.15, 0.2) is 47.2 Å². The van der Waals surface area contributed by atoms with E-state index in [0.717, 1.165) is 55.5 Å². The molecule has 7 nitrogen and oxygen atoms in total. The number of carbonyl (C=O) groups is 1. The number of carbonyl (C=O) groups excluding carboxylic acids is 1. The second-order valence-electron chi connectivity index (χ2n) is 14.6. The molecule has 1 amide bonds. The second-order valence-corrected chi connectivity index (χ2v) is 14.6. The first kappa shape index (κ1) is 28.3. The van der Waals surface area contributed by atoms with Crippen molar-refractivity contribution < 1.29 is 27.2 Å². The van der Waals surface area contributed by atoms with Crippen molar-refractivity contribution in [3.63, 3.8) is 0 Å². The maximum absolute atomic E-state index is 14.6. The Labute approximate surface area is 249 Å². The highest BCUT2D eigenvalue weighted by Gasteiger charge is 2.73. The van der Waals surface area contributed by atoms with E-state index in [4.69, 9.17) is 9.51 Å². The predicted molar refractivity (Wildman–Crippen MR) is 154 cm³/mol. The zero-order chi connectivity index (χ0) is 30.3. The Morgan fingerprint density at radius 3 is 2.21 bits per heavy atom. The van der Waals surface area contributed by atoms with Gasteiger partial charge in [-0.2, -0.15) is 13.8 Å². The summed E-state index contributed by atoms with van der Waals surface area (Å²) in [4.78, 5) is 25.3. The Hall–Kier alpha value is -3.43. The molecule has 6 saturated carbocycles. The third-order valence-electron chi connectivity index (χ3n) is 10.5. The van der Waals surface area contributed by atoms with Crippen molar-refractivity contribution >= 4 is 11.6 Å². The van der Waals surface area contributed by atoms with Gasteiger partial charge in [0.25, 0.3) is 0 Å². The number of nitrogens with zero attached hydrogens (tertiary/aromatic N) is 4. The molecule has 0 radical (unpaired) electrons. The van der Waals surface area contributed by atoms with Gasteiger partial charge in [-0.3, -0.25) is 9.78 Å². The normalized spacial score (nSPS) is 31.0. The maximum atomic E-state index is 14.6. The van der Waals surface area contributed by atoms with Crippen LogP contribution in [0.1, 0.15) is 90.3 Å². The molecular weight excluding hydrogens is 557 g/mol. The largest absolute Gasteiger partial charge is 0.435 e. The van der Waals surface area contributed by atoms with E-state index in [1.807, 2.05) is 11.0 Å². The van der Waals surface area contributed by atoms with Gasteiger partial charge in [0, 0.05) is 29.1 Å². The molecule has 3 aromatic rings. The summed E-state index contributed by atoms with van der Waals surface area (Å²) >= 11 is 0. The Bertz CT molecular complexity index is 1500. The smallest absolute Gasteiger partial charge is 0.387 e. The first-order chi connectivity index (χ1) is 20.3. The molecule has 4 bridgehead atoms. The van der Waals surface area contributed by atoms with E-state index >= 15 is 0 Å². The SMILES string of the molecule is CC(C)(C)c1nc(C23CCC(CN(C(=O)C45CC(F)(C4)C5)c4cncc(-c5ccc(OC(F)F)cc5)c4)(CC2)CC3)no1. The van der Waals surface area contributed by atoms with Crippen LogP contribution in [0.2, 0.25) is 0 Å². The number of rotatable bonds is 8. The minimum Gasteiger partial charge on any atom is -0.435 e. The van der Waals surface area contributed by atoms with Crippen molar-refractivity contribution in [2.45, 2.75) is 102 Å². The number of alkyl halides is 3. The number of ether oxygens (including phenoxy) is 1. The lowest BCUT2D eigenvalue weighted by molar-refractivity contribution is -0.211. The molecule has 6 aliphatic rings. The number of pyridine rings is 1. The zero-order valence-corrected chi connectivity index (χ0v) is 24.8. The summed E-state index contributed by atoms with van der Waals surface area (Å²) in [6, 6.07) is 8.29. The van der Waals surface area contributed by atoms with Crippen LogP contribution in [-0.2, 0) is 15.6 Å². The van der Waals surface area contributed by atoms with E-state index in [2.05, 4.69) is 35.6 Å². The standard InChI is InChI=1S/C33H37F3N4O3/c1-29(2,3)26-38-25(39-43-26)31-11-8-30(9-12-31,10-13-31)20-40(27(41)32-17-33(36,18-32)19-32)23-14-22(15-37-16-23)21-4-6-24(7-5-21)42-28(34)35/h4-7,14-16,28H,8-13,17-20H2,1-3H3. The number of aromatic nitrogens is 3. The van der Waals surface area contributed by atoms with Gasteiger partial charge < -0.3 is 14.2 Å². The average molecular weight is 595 g/mol. The number of anilines is 1. The van der Waals surface area contributed by atoms with E-state index in [1.165, 1.54) is 12.1 Å². The lowest BCUT2D eigenvalue weighted by Crippen LogP contribution is -2.71. The number of halogens is 3. The molecule has 0 unspecified atom stereocenters. The summed E-state index contributed by atoms with van der Waals surface area (Å²) in [6.07, 6.45) is 9.88.